The van der Waals surface area contributed by atoms with Crippen LogP contribution in [0.5, 0.6) is 5.75 Å². The molecule has 0 radical (unpaired) electrons. The molecular weight excluding hydrogens is 541 g/mol. The molecule has 0 atom stereocenters. The summed E-state index contributed by atoms with van der Waals surface area (Å²) in [7, 11) is 0. The second-order valence-electron chi connectivity index (χ2n) is 7.94. The normalized spacial score (nSPS) is 14.5. The van der Waals surface area contributed by atoms with Crippen molar-refractivity contribution in [3.8, 4) is 5.75 Å². The van der Waals surface area contributed by atoms with Gasteiger partial charge in [-0.15, -0.1) is 0 Å². The number of benzene rings is 3. The number of hydrogen-bond donors (Lipinski definition) is 2. The van der Waals surface area contributed by atoms with Crippen LogP contribution < -0.4 is 20.3 Å². The monoisotopic (exact) mass is 557 g/mol. The minimum atomic E-state index is -0.944. The molecule has 1 heterocycles. The van der Waals surface area contributed by atoms with Gasteiger partial charge in [0.15, 0.2) is 6.61 Å². The third-order valence-electron chi connectivity index (χ3n) is 5.23. The lowest BCUT2D eigenvalue weighted by molar-refractivity contribution is -0.122. The predicted octanol–water partition coefficient (Wildman–Crippen LogP) is 5.64. The fraction of sp³-hybridized carbons (Fsp3) is 0.0769. The van der Waals surface area contributed by atoms with Crippen molar-refractivity contribution < 1.29 is 23.9 Å². The highest BCUT2D eigenvalue weighted by atomic mass is 35.5. The van der Waals surface area contributed by atoms with Crippen LogP contribution in [0.3, 0.4) is 0 Å². The number of halogens is 3. The molecule has 0 bridgehead atoms. The summed E-state index contributed by atoms with van der Waals surface area (Å²) in [6, 6.07) is 15.0. The number of carbonyl (C=O) groups excluding carboxylic acids is 4. The number of urea groups is 1. The Balaban J connectivity index is 1.58. The van der Waals surface area contributed by atoms with Crippen LogP contribution in [-0.4, -0.2) is 30.4 Å². The Hall–Kier alpha value is -3.85. The van der Waals surface area contributed by atoms with E-state index < -0.39 is 23.8 Å². The summed E-state index contributed by atoms with van der Waals surface area (Å²) < 4.78 is 5.65. The smallest absolute Gasteiger partial charge is 0.335 e. The fourth-order valence-electron chi connectivity index (χ4n) is 3.41. The minimum Gasteiger partial charge on any atom is -0.483 e. The van der Waals surface area contributed by atoms with E-state index >= 15 is 0 Å². The van der Waals surface area contributed by atoms with Crippen LogP contribution in [0.1, 0.15) is 11.1 Å². The van der Waals surface area contributed by atoms with Crippen LogP contribution in [0.2, 0.25) is 15.1 Å². The number of hydrogen-bond acceptors (Lipinski definition) is 5. The molecule has 1 aliphatic heterocycles. The van der Waals surface area contributed by atoms with E-state index in [2.05, 4.69) is 10.6 Å². The number of aryl methyl sites for hydroxylation is 1. The summed E-state index contributed by atoms with van der Waals surface area (Å²) in [4.78, 5) is 51.4. The molecule has 0 spiro atoms. The lowest BCUT2D eigenvalue weighted by Gasteiger charge is -2.26. The van der Waals surface area contributed by atoms with Crippen LogP contribution in [-0.2, 0) is 14.4 Å². The summed E-state index contributed by atoms with van der Waals surface area (Å²) >= 11 is 18.1. The Labute approximate surface area is 226 Å². The number of barbiturate groups is 1. The first-order valence-corrected chi connectivity index (χ1v) is 11.9. The highest BCUT2D eigenvalue weighted by molar-refractivity contribution is 6.43. The van der Waals surface area contributed by atoms with Gasteiger partial charge in [0.1, 0.15) is 11.3 Å². The predicted molar refractivity (Wildman–Crippen MR) is 142 cm³/mol. The number of rotatable bonds is 6. The molecule has 8 nitrogen and oxygen atoms in total. The maximum absolute atomic E-state index is 13.2. The largest absolute Gasteiger partial charge is 0.483 e. The Bertz CT molecular complexity index is 1450. The number of nitrogens with one attached hydrogen (secondary N) is 2. The first-order chi connectivity index (χ1) is 17.6. The van der Waals surface area contributed by atoms with Crippen molar-refractivity contribution in [2.75, 3.05) is 16.8 Å². The van der Waals surface area contributed by atoms with E-state index in [1.54, 1.807) is 12.1 Å². The second-order valence-corrected chi connectivity index (χ2v) is 9.19. The van der Waals surface area contributed by atoms with Crippen LogP contribution in [0, 0.1) is 6.92 Å². The number of ether oxygens (including phenoxy) is 1. The van der Waals surface area contributed by atoms with Crippen LogP contribution in [0.25, 0.3) is 6.08 Å². The van der Waals surface area contributed by atoms with Crippen molar-refractivity contribution in [1.82, 2.24) is 5.32 Å². The first kappa shape index (κ1) is 26.2. The molecule has 11 heteroatoms. The van der Waals surface area contributed by atoms with Gasteiger partial charge in [0, 0.05) is 16.3 Å². The number of imide groups is 2. The van der Waals surface area contributed by atoms with E-state index in [0.29, 0.717) is 10.7 Å². The molecule has 2 N–H and O–H groups in total. The van der Waals surface area contributed by atoms with Gasteiger partial charge >= 0.3 is 6.03 Å². The zero-order valence-electron chi connectivity index (χ0n) is 19.2. The summed E-state index contributed by atoms with van der Waals surface area (Å²) in [5.41, 5.74) is 1.66. The molecule has 1 aliphatic rings. The molecule has 0 aliphatic carbocycles. The molecule has 188 valence electrons. The standard InChI is InChI=1S/C26H18Cl3N3O5/c1-14-2-5-17(6-3-14)30-23(33)13-37-22-9-4-16(27)10-15(22)11-19-24(34)31-26(36)32(25(19)35)18-7-8-20(28)21(29)12-18/h2-12H,13H2,1H3,(H,30,33)(H,31,34,36)/b19-11+. The van der Waals surface area contributed by atoms with E-state index in [0.717, 1.165) is 10.5 Å². The lowest BCUT2D eigenvalue weighted by Crippen LogP contribution is -2.54. The zero-order chi connectivity index (χ0) is 26.7. The van der Waals surface area contributed by atoms with Gasteiger partial charge in [0.2, 0.25) is 0 Å². The van der Waals surface area contributed by atoms with E-state index in [1.165, 1.54) is 42.5 Å². The van der Waals surface area contributed by atoms with Gasteiger partial charge in [0.25, 0.3) is 17.7 Å². The maximum atomic E-state index is 13.2. The van der Waals surface area contributed by atoms with E-state index in [-0.39, 0.29) is 39.2 Å². The average molecular weight is 559 g/mol. The van der Waals surface area contributed by atoms with Crippen molar-refractivity contribution in [2.24, 2.45) is 0 Å². The first-order valence-electron chi connectivity index (χ1n) is 10.8. The van der Waals surface area contributed by atoms with Crippen LogP contribution >= 0.6 is 34.8 Å². The molecule has 1 fully saturated rings. The van der Waals surface area contributed by atoms with Gasteiger partial charge in [-0.1, -0.05) is 52.5 Å². The Morgan fingerprint density at radius 3 is 2.41 bits per heavy atom. The van der Waals surface area contributed by atoms with Gasteiger partial charge in [-0.2, -0.15) is 0 Å². The molecule has 4 rings (SSSR count). The summed E-state index contributed by atoms with van der Waals surface area (Å²) in [6.07, 6.45) is 1.23. The maximum Gasteiger partial charge on any atom is 0.335 e. The van der Waals surface area contributed by atoms with Gasteiger partial charge in [-0.05, 0) is 61.5 Å². The van der Waals surface area contributed by atoms with E-state index in [4.69, 9.17) is 39.5 Å². The molecule has 3 aromatic carbocycles. The number of anilines is 2. The highest BCUT2D eigenvalue weighted by Crippen LogP contribution is 2.31. The molecule has 3 aromatic rings. The zero-order valence-corrected chi connectivity index (χ0v) is 21.4. The summed E-state index contributed by atoms with van der Waals surface area (Å²) in [5.74, 6) is -2.03. The number of amides is 5. The van der Waals surface area contributed by atoms with Gasteiger partial charge in [-0.3, -0.25) is 19.7 Å². The third-order valence-corrected chi connectivity index (χ3v) is 6.20. The van der Waals surface area contributed by atoms with Crippen molar-refractivity contribution in [1.29, 1.82) is 0 Å². The Morgan fingerprint density at radius 2 is 1.70 bits per heavy atom. The Kier molecular flexibility index (Phi) is 7.83. The van der Waals surface area contributed by atoms with Crippen molar-refractivity contribution in [3.05, 3.63) is 92.4 Å². The third kappa shape index (κ3) is 6.11. The van der Waals surface area contributed by atoms with Crippen molar-refractivity contribution in [3.63, 3.8) is 0 Å². The van der Waals surface area contributed by atoms with Crippen LogP contribution in [0.4, 0.5) is 16.2 Å². The van der Waals surface area contributed by atoms with E-state index in [1.807, 2.05) is 19.1 Å². The molecule has 1 saturated heterocycles. The molecule has 5 amide bonds. The quantitative estimate of drug-likeness (QED) is 0.301. The molecular formula is C26H18Cl3N3O5. The number of nitrogens with zero attached hydrogens (tertiary/aromatic N) is 1. The van der Waals surface area contributed by atoms with E-state index in [9.17, 15) is 19.2 Å². The molecule has 0 aromatic heterocycles. The molecule has 0 saturated carbocycles. The second kappa shape index (κ2) is 11.0. The fourth-order valence-corrected chi connectivity index (χ4v) is 3.89. The van der Waals surface area contributed by atoms with Crippen molar-refractivity contribution >= 4 is 76.0 Å². The summed E-state index contributed by atoms with van der Waals surface area (Å²) in [6.45, 7) is 1.59. The Morgan fingerprint density at radius 1 is 0.973 bits per heavy atom. The average Bonchev–Trinajstić information content (AvgIpc) is 2.84. The molecule has 0 unspecified atom stereocenters. The van der Waals surface area contributed by atoms with Gasteiger partial charge in [-0.25, -0.2) is 9.69 Å². The summed E-state index contributed by atoms with van der Waals surface area (Å²) in [5, 5.41) is 5.49. The minimum absolute atomic E-state index is 0.116. The highest BCUT2D eigenvalue weighted by Gasteiger charge is 2.37. The van der Waals surface area contributed by atoms with Gasteiger partial charge < -0.3 is 10.1 Å². The molecule has 37 heavy (non-hydrogen) atoms. The lowest BCUT2D eigenvalue weighted by atomic mass is 10.1. The van der Waals surface area contributed by atoms with Crippen LogP contribution in [0.15, 0.2) is 66.2 Å². The number of carbonyl (C=O) groups is 4. The van der Waals surface area contributed by atoms with Crippen molar-refractivity contribution in [2.45, 2.75) is 6.92 Å². The topological polar surface area (TPSA) is 105 Å². The SMILES string of the molecule is Cc1ccc(NC(=O)COc2ccc(Cl)cc2/C=C2\C(=O)NC(=O)N(c3ccc(Cl)c(Cl)c3)C2=O)cc1. The van der Waals surface area contributed by atoms with Gasteiger partial charge in [0.05, 0.1) is 15.7 Å².